The quantitative estimate of drug-likeness (QED) is 0.712. The maximum Gasteiger partial charge on any atom is 0.274 e. The van der Waals surface area contributed by atoms with Crippen LogP contribution in [0.5, 0.6) is 0 Å². The Balaban J connectivity index is 1.91. The van der Waals surface area contributed by atoms with Crippen molar-refractivity contribution in [2.24, 2.45) is 0 Å². The summed E-state index contributed by atoms with van der Waals surface area (Å²) in [6.07, 6.45) is 0. The van der Waals surface area contributed by atoms with Crippen molar-refractivity contribution >= 4 is 5.91 Å². The lowest BCUT2D eigenvalue weighted by atomic mass is 10.1. The number of benzene rings is 2. The first-order valence-corrected chi connectivity index (χ1v) is 8.59. The van der Waals surface area contributed by atoms with Crippen molar-refractivity contribution in [3.05, 3.63) is 93.9 Å². The summed E-state index contributed by atoms with van der Waals surface area (Å²) in [5.74, 6) is -0.194. The highest BCUT2D eigenvalue weighted by Gasteiger charge is 2.18. The number of nitrogens with zero attached hydrogens (tertiary/aromatic N) is 3. The molecule has 0 N–H and O–H groups in total. The van der Waals surface area contributed by atoms with E-state index in [1.165, 1.54) is 16.8 Å². The third-order valence-electron chi connectivity index (χ3n) is 4.31. The van der Waals surface area contributed by atoms with Gasteiger partial charge in [-0.2, -0.15) is 9.78 Å². The van der Waals surface area contributed by atoms with E-state index in [1.54, 1.807) is 17.0 Å². The Morgan fingerprint density at radius 3 is 2.38 bits per heavy atom. The third-order valence-corrected chi connectivity index (χ3v) is 4.31. The van der Waals surface area contributed by atoms with Crippen LogP contribution in [0.1, 0.15) is 28.5 Å². The van der Waals surface area contributed by atoms with Gasteiger partial charge in [-0.3, -0.25) is 9.59 Å². The van der Waals surface area contributed by atoms with Crippen LogP contribution in [-0.4, -0.2) is 27.1 Å². The fourth-order valence-corrected chi connectivity index (χ4v) is 2.76. The van der Waals surface area contributed by atoms with E-state index in [-0.39, 0.29) is 17.2 Å². The summed E-state index contributed by atoms with van der Waals surface area (Å²) in [5, 5.41) is 4.29. The molecule has 0 aliphatic carbocycles. The first kappa shape index (κ1) is 17.6. The lowest BCUT2D eigenvalue weighted by Gasteiger charge is -2.21. The predicted molar refractivity (Wildman–Crippen MR) is 101 cm³/mol. The monoisotopic (exact) mass is 347 g/mol. The molecule has 0 saturated heterocycles. The fraction of sp³-hybridized carbons (Fsp3) is 0.190. The van der Waals surface area contributed by atoms with Crippen LogP contribution in [0.4, 0.5) is 0 Å². The van der Waals surface area contributed by atoms with E-state index in [2.05, 4.69) is 5.10 Å². The summed E-state index contributed by atoms with van der Waals surface area (Å²) >= 11 is 0. The Morgan fingerprint density at radius 1 is 1.00 bits per heavy atom. The van der Waals surface area contributed by atoms with Crippen molar-refractivity contribution in [2.45, 2.75) is 20.4 Å². The maximum absolute atomic E-state index is 12.9. The Bertz CT molecular complexity index is 964. The van der Waals surface area contributed by atoms with Gasteiger partial charge in [-0.1, -0.05) is 42.5 Å². The number of para-hydroxylation sites is 1. The number of aryl methyl sites for hydroxylation is 1. The van der Waals surface area contributed by atoms with Crippen LogP contribution in [0, 0.1) is 6.92 Å². The van der Waals surface area contributed by atoms with E-state index in [0.717, 1.165) is 11.1 Å². The molecular weight excluding hydrogens is 326 g/mol. The van der Waals surface area contributed by atoms with Gasteiger partial charge < -0.3 is 4.90 Å². The van der Waals surface area contributed by atoms with Gasteiger partial charge >= 0.3 is 0 Å². The average Bonchev–Trinajstić information content (AvgIpc) is 2.68. The van der Waals surface area contributed by atoms with E-state index >= 15 is 0 Å². The maximum atomic E-state index is 12.9. The second-order valence-electron chi connectivity index (χ2n) is 6.05. The zero-order valence-electron chi connectivity index (χ0n) is 14.9. The molecule has 0 aliphatic rings. The van der Waals surface area contributed by atoms with Gasteiger partial charge in [0.1, 0.15) is 5.69 Å². The van der Waals surface area contributed by atoms with E-state index in [9.17, 15) is 9.59 Å². The molecule has 0 fully saturated rings. The van der Waals surface area contributed by atoms with Crippen molar-refractivity contribution in [3.63, 3.8) is 0 Å². The molecule has 0 aliphatic heterocycles. The summed E-state index contributed by atoms with van der Waals surface area (Å²) in [6.45, 7) is 5.03. The Kier molecular flexibility index (Phi) is 5.27. The number of carbonyl (C=O) groups is 1. The number of hydrogen-bond acceptors (Lipinski definition) is 3. The minimum absolute atomic E-state index is 0.194. The van der Waals surface area contributed by atoms with Crippen molar-refractivity contribution in [2.75, 3.05) is 6.54 Å². The van der Waals surface area contributed by atoms with Crippen LogP contribution in [0.2, 0.25) is 0 Å². The molecule has 0 saturated carbocycles. The van der Waals surface area contributed by atoms with Gasteiger partial charge in [0, 0.05) is 19.2 Å². The standard InChI is InChI=1S/C21H21N3O2/c1-3-23(15-17-10-8-7-9-16(17)2)21(26)19-13-14-20(25)24(22-19)18-11-5-4-6-12-18/h4-14H,3,15H2,1-2H3. The second-order valence-corrected chi connectivity index (χ2v) is 6.05. The fourth-order valence-electron chi connectivity index (χ4n) is 2.76. The molecule has 132 valence electrons. The number of aromatic nitrogens is 2. The molecule has 0 bridgehead atoms. The van der Waals surface area contributed by atoms with Crippen molar-refractivity contribution in [1.29, 1.82) is 0 Å². The van der Waals surface area contributed by atoms with Gasteiger partial charge in [0.15, 0.2) is 0 Å². The first-order valence-electron chi connectivity index (χ1n) is 8.59. The topological polar surface area (TPSA) is 55.2 Å². The minimum atomic E-state index is -0.269. The molecule has 0 atom stereocenters. The zero-order valence-corrected chi connectivity index (χ0v) is 14.9. The molecular formula is C21H21N3O2. The van der Waals surface area contributed by atoms with Crippen molar-refractivity contribution in [3.8, 4) is 5.69 Å². The molecule has 0 radical (unpaired) electrons. The van der Waals surface area contributed by atoms with Crippen LogP contribution in [0.15, 0.2) is 71.5 Å². The van der Waals surface area contributed by atoms with Gasteiger partial charge in [-0.15, -0.1) is 0 Å². The first-order chi connectivity index (χ1) is 12.6. The summed E-state index contributed by atoms with van der Waals surface area (Å²) in [6, 6.07) is 20.0. The molecule has 5 nitrogen and oxygen atoms in total. The SMILES string of the molecule is CCN(Cc1ccccc1C)C(=O)c1ccc(=O)n(-c2ccccc2)n1. The Labute approximate surface area is 152 Å². The van der Waals surface area contributed by atoms with Crippen LogP contribution in [0.25, 0.3) is 5.69 Å². The summed E-state index contributed by atoms with van der Waals surface area (Å²) in [4.78, 5) is 26.8. The molecule has 1 heterocycles. The van der Waals surface area contributed by atoms with Gasteiger partial charge in [-0.05, 0) is 43.2 Å². The molecule has 2 aromatic carbocycles. The lowest BCUT2D eigenvalue weighted by Crippen LogP contribution is -2.33. The van der Waals surface area contributed by atoms with Crippen molar-refractivity contribution < 1.29 is 4.79 Å². The highest BCUT2D eigenvalue weighted by Crippen LogP contribution is 2.12. The normalized spacial score (nSPS) is 10.5. The summed E-state index contributed by atoms with van der Waals surface area (Å²) in [7, 11) is 0. The van der Waals surface area contributed by atoms with Crippen LogP contribution < -0.4 is 5.56 Å². The van der Waals surface area contributed by atoms with E-state index in [4.69, 9.17) is 0 Å². The molecule has 5 heteroatoms. The smallest absolute Gasteiger partial charge is 0.274 e. The molecule has 26 heavy (non-hydrogen) atoms. The lowest BCUT2D eigenvalue weighted by molar-refractivity contribution is 0.0744. The minimum Gasteiger partial charge on any atom is -0.333 e. The molecule has 1 aromatic heterocycles. The Morgan fingerprint density at radius 2 is 1.69 bits per heavy atom. The van der Waals surface area contributed by atoms with Crippen LogP contribution in [0.3, 0.4) is 0 Å². The Hall–Kier alpha value is -3.21. The average molecular weight is 347 g/mol. The zero-order chi connectivity index (χ0) is 18.5. The number of hydrogen-bond donors (Lipinski definition) is 0. The summed E-state index contributed by atoms with van der Waals surface area (Å²) in [5.41, 5.74) is 2.85. The molecule has 3 rings (SSSR count). The van der Waals surface area contributed by atoms with Gasteiger partial charge in [0.2, 0.25) is 0 Å². The molecule has 1 amide bonds. The summed E-state index contributed by atoms with van der Waals surface area (Å²) < 4.78 is 1.26. The van der Waals surface area contributed by atoms with Crippen molar-refractivity contribution in [1.82, 2.24) is 14.7 Å². The van der Waals surface area contributed by atoms with Gasteiger partial charge in [0.05, 0.1) is 5.69 Å². The van der Waals surface area contributed by atoms with Crippen LogP contribution in [-0.2, 0) is 6.54 Å². The predicted octanol–water partition coefficient (Wildman–Crippen LogP) is 3.20. The van der Waals surface area contributed by atoms with Gasteiger partial charge in [0.25, 0.3) is 11.5 Å². The molecule has 0 unspecified atom stereocenters. The number of carbonyl (C=O) groups excluding carboxylic acids is 1. The van der Waals surface area contributed by atoms with E-state index in [0.29, 0.717) is 18.8 Å². The molecule has 3 aromatic rings. The highest BCUT2D eigenvalue weighted by molar-refractivity contribution is 5.92. The third kappa shape index (κ3) is 3.72. The number of rotatable bonds is 5. The highest BCUT2D eigenvalue weighted by atomic mass is 16.2. The second kappa shape index (κ2) is 7.78. The number of amides is 1. The van der Waals surface area contributed by atoms with Crippen LogP contribution >= 0.6 is 0 Å². The molecule has 0 spiro atoms. The largest absolute Gasteiger partial charge is 0.333 e. The van der Waals surface area contributed by atoms with E-state index in [1.807, 2.05) is 56.3 Å². The van der Waals surface area contributed by atoms with Gasteiger partial charge in [-0.25, -0.2) is 0 Å². The van der Waals surface area contributed by atoms with E-state index < -0.39 is 0 Å².